The topological polar surface area (TPSA) is 84.2 Å². The third-order valence-corrected chi connectivity index (χ3v) is 4.03. The van der Waals surface area contributed by atoms with Crippen LogP contribution in [0.5, 0.6) is 0 Å². The highest BCUT2D eigenvalue weighted by molar-refractivity contribution is 7.08. The van der Waals surface area contributed by atoms with E-state index in [1.54, 1.807) is 48.6 Å². The first kappa shape index (κ1) is 15.9. The number of nitrogens with one attached hydrogen (secondary N) is 2. The molecule has 0 aliphatic rings. The maximum atomic E-state index is 12.2. The zero-order valence-corrected chi connectivity index (χ0v) is 13.7. The number of carbonyl (C=O) groups is 2. The molecule has 0 aliphatic heterocycles. The van der Waals surface area contributed by atoms with Gasteiger partial charge in [0.15, 0.2) is 0 Å². The minimum absolute atomic E-state index is 0.238. The molecule has 0 saturated carbocycles. The lowest BCUT2D eigenvalue weighted by molar-refractivity contribution is -0.117. The molecular weight excluding hydrogens is 326 g/mol. The van der Waals surface area contributed by atoms with Crippen LogP contribution in [0.1, 0.15) is 17.3 Å². The van der Waals surface area contributed by atoms with E-state index in [4.69, 9.17) is 4.52 Å². The Bertz CT molecular complexity index is 828. The van der Waals surface area contributed by atoms with Crippen LogP contribution >= 0.6 is 11.3 Å². The van der Waals surface area contributed by atoms with Crippen molar-refractivity contribution < 1.29 is 14.1 Å². The summed E-state index contributed by atoms with van der Waals surface area (Å²) in [4.78, 5) is 24.2. The number of carbonyl (C=O) groups excluding carboxylic acids is 2. The van der Waals surface area contributed by atoms with Gasteiger partial charge in [-0.1, -0.05) is 23.4 Å². The van der Waals surface area contributed by atoms with Gasteiger partial charge in [0.25, 0.3) is 5.91 Å². The second-order valence-electron chi connectivity index (χ2n) is 5.14. The third kappa shape index (κ3) is 3.69. The number of rotatable bonds is 5. The Kier molecular flexibility index (Phi) is 4.72. The van der Waals surface area contributed by atoms with Gasteiger partial charge >= 0.3 is 0 Å². The van der Waals surface area contributed by atoms with E-state index in [1.165, 1.54) is 0 Å². The van der Waals surface area contributed by atoms with Crippen LogP contribution in [0.2, 0.25) is 0 Å². The highest BCUT2D eigenvalue weighted by Gasteiger charge is 2.18. The van der Waals surface area contributed by atoms with Gasteiger partial charge in [0.05, 0.1) is 0 Å². The predicted molar refractivity (Wildman–Crippen MR) is 91.8 cm³/mol. The summed E-state index contributed by atoms with van der Waals surface area (Å²) in [6.45, 7) is 1.60. The van der Waals surface area contributed by atoms with E-state index >= 15 is 0 Å². The van der Waals surface area contributed by atoms with Gasteiger partial charge in [-0.15, -0.1) is 0 Å². The number of amides is 2. The van der Waals surface area contributed by atoms with E-state index in [9.17, 15) is 9.59 Å². The molecule has 2 aromatic heterocycles. The lowest BCUT2D eigenvalue weighted by Crippen LogP contribution is -2.41. The normalized spacial score (nSPS) is 11.7. The molecule has 0 saturated heterocycles. The summed E-state index contributed by atoms with van der Waals surface area (Å²) < 4.78 is 5.11. The second-order valence-corrected chi connectivity index (χ2v) is 5.92. The summed E-state index contributed by atoms with van der Waals surface area (Å²) in [5.74, 6) is -0.455. The van der Waals surface area contributed by atoms with Crippen LogP contribution < -0.4 is 10.6 Å². The van der Waals surface area contributed by atoms with Crippen molar-refractivity contribution in [2.45, 2.75) is 13.0 Å². The van der Waals surface area contributed by atoms with Crippen molar-refractivity contribution in [3.05, 3.63) is 58.8 Å². The maximum Gasteiger partial charge on any atom is 0.251 e. The van der Waals surface area contributed by atoms with Gasteiger partial charge in [-0.2, -0.15) is 11.3 Å². The van der Waals surface area contributed by atoms with Crippen LogP contribution in [0.25, 0.3) is 11.3 Å². The van der Waals surface area contributed by atoms with E-state index in [2.05, 4.69) is 15.8 Å². The van der Waals surface area contributed by atoms with Crippen molar-refractivity contribution in [2.75, 3.05) is 5.32 Å². The van der Waals surface area contributed by atoms with Crippen LogP contribution in [-0.2, 0) is 4.79 Å². The van der Waals surface area contributed by atoms with Gasteiger partial charge in [0.1, 0.15) is 11.7 Å². The lowest BCUT2D eigenvalue weighted by Gasteiger charge is -2.12. The van der Waals surface area contributed by atoms with Gasteiger partial charge < -0.3 is 9.84 Å². The predicted octanol–water partition coefficient (Wildman–Crippen LogP) is 3.16. The summed E-state index contributed by atoms with van der Waals surface area (Å²) in [5, 5.41) is 13.0. The molecule has 1 aromatic carbocycles. The van der Waals surface area contributed by atoms with Gasteiger partial charge in [-0.3, -0.25) is 14.9 Å². The Hall–Kier alpha value is -2.93. The monoisotopic (exact) mass is 341 g/mol. The van der Waals surface area contributed by atoms with Crippen molar-refractivity contribution >= 4 is 29.0 Å². The van der Waals surface area contributed by atoms with Crippen molar-refractivity contribution in [2.24, 2.45) is 0 Å². The van der Waals surface area contributed by atoms with Crippen molar-refractivity contribution in [3.63, 3.8) is 0 Å². The highest BCUT2D eigenvalue weighted by Crippen LogP contribution is 2.23. The molecule has 2 amide bonds. The van der Waals surface area contributed by atoms with E-state index in [0.717, 1.165) is 5.56 Å². The first-order chi connectivity index (χ1) is 11.6. The lowest BCUT2D eigenvalue weighted by atomic mass is 10.2. The molecule has 0 spiro atoms. The fraction of sp³-hybridized carbons (Fsp3) is 0.118. The fourth-order valence-electron chi connectivity index (χ4n) is 2.05. The van der Waals surface area contributed by atoms with Crippen LogP contribution in [0.15, 0.2) is 57.7 Å². The Balaban J connectivity index is 1.59. The second kappa shape index (κ2) is 7.10. The molecule has 0 aliphatic carbocycles. The van der Waals surface area contributed by atoms with Crippen LogP contribution in [0.4, 0.5) is 5.88 Å². The van der Waals surface area contributed by atoms with Crippen LogP contribution in [0, 0.1) is 0 Å². The van der Waals surface area contributed by atoms with Gasteiger partial charge in [-0.25, -0.2) is 0 Å². The van der Waals surface area contributed by atoms with Gasteiger partial charge in [-0.05, 0) is 30.5 Å². The molecule has 1 atom stereocenters. The zero-order valence-electron chi connectivity index (χ0n) is 12.9. The average molecular weight is 341 g/mol. The number of anilines is 1. The minimum atomic E-state index is -0.715. The largest absolute Gasteiger partial charge is 0.341 e. The van der Waals surface area contributed by atoms with Crippen molar-refractivity contribution in [3.8, 4) is 11.3 Å². The van der Waals surface area contributed by atoms with E-state index in [0.29, 0.717) is 11.3 Å². The number of benzene rings is 1. The van der Waals surface area contributed by atoms with E-state index in [-0.39, 0.29) is 17.7 Å². The summed E-state index contributed by atoms with van der Waals surface area (Å²) in [6.07, 6.45) is 0. The molecule has 24 heavy (non-hydrogen) atoms. The first-order valence-corrected chi connectivity index (χ1v) is 8.24. The fourth-order valence-corrected chi connectivity index (χ4v) is 2.69. The molecule has 0 bridgehead atoms. The molecule has 1 unspecified atom stereocenters. The quantitative estimate of drug-likeness (QED) is 0.746. The first-order valence-electron chi connectivity index (χ1n) is 7.29. The van der Waals surface area contributed by atoms with Gasteiger partial charge in [0, 0.05) is 22.6 Å². The number of hydrogen-bond donors (Lipinski definition) is 2. The number of hydrogen-bond acceptors (Lipinski definition) is 5. The molecule has 2 heterocycles. The van der Waals surface area contributed by atoms with Crippen LogP contribution in [0.3, 0.4) is 0 Å². The smallest absolute Gasteiger partial charge is 0.251 e. The molecular formula is C17H15N3O3S. The Morgan fingerprint density at radius 1 is 1.21 bits per heavy atom. The van der Waals surface area contributed by atoms with Gasteiger partial charge in [0.2, 0.25) is 11.8 Å². The molecule has 2 N–H and O–H groups in total. The minimum Gasteiger partial charge on any atom is -0.341 e. The Morgan fingerprint density at radius 3 is 2.71 bits per heavy atom. The summed E-state index contributed by atoms with van der Waals surface area (Å²) in [5.41, 5.74) is 2.07. The Labute approximate surface area is 142 Å². The van der Waals surface area contributed by atoms with Crippen molar-refractivity contribution in [1.82, 2.24) is 10.5 Å². The number of aromatic nitrogens is 1. The van der Waals surface area contributed by atoms with E-state index in [1.807, 2.05) is 22.9 Å². The van der Waals surface area contributed by atoms with Crippen LogP contribution in [-0.4, -0.2) is 23.0 Å². The molecule has 0 radical (unpaired) electrons. The summed E-state index contributed by atoms with van der Waals surface area (Å²) >= 11 is 1.55. The van der Waals surface area contributed by atoms with Crippen molar-refractivity contribution in [1.29, 1.82) is 0 Å². The third-order valence-electron chi connectivity index (χ3n) is 3.35. The molecule has 3 rings (SSSR count). The standard InChI is InChI=1S/C17H15N3O3S/c1-11(18-17(22)12-5-3-2-4-6-12)16(21)19-15-9-14(20-23-15)13-7-8-24-10-13/h2-11H,1H3,(H,18,22)(H,19,21). The average Bonchev–Trinajstić information content (AvgIpc) is 3.26. The SMILES string of the molecule is CC(NC(=O)c1ccccc1)C(=O)Nc1cc(-c2ccsc2)no1. The highest BCUT2D eigenvalue weighted by atomic mass is 32.1. The summed E-state index contributed by atoms with van der Waals surface area (Å²) in [6, 6.07) is 11.6. The zero-order chi connectivity index (χ0) is 16.9. The Morgan fingerprint density at radius 2 is 2.00 bits per heavy atom. The molecule has 6 nitrogen and oxygen atoms in total. The molecule has 0 fully saturated rings. The number of thiophene rings is 1. The maximum absolute atomic E-state index is 12.2. The van der Waals surface area contributed by atoms with E-state index < -0.39 is 6.04 Å². The molecule has 3 aromatic rings. The number of nitrogens with zero attached hydrogens (tertiary/aromatic N) is 1. The summed E-state index contributed by atoms with van der Waals surface area (Å²) in [7, 11) is 0. The molecule has 7 heteroatoms. The molecule has 122 valence electrons.